The van der Waals surface area contributed by atoms with Crippen LogP contribution in [-0.2, 0) is 16.1 Å². The number of aromatic nitrogens is 4. The molecule has 2 heterocycles. The Kier molecular flexibility index (Phi) is 7.79. The molecular weight excluding hydrogens is 388 g/mol. The van der Waals surface area contributed by atoms with Crippen molar-refractivity contribution in [1.82, 2.24) is 30.2 Å². The normalized spacial score (nSPS) is 11.5. The maximum Gasteiger partial charge on any atom is 0.296 e. The van der Waals surface area contributed by atoms with Crippen molar-refractivity contribution < 1.29 is 14.7 Å². The Morgan fingerprint density at radius 2 is 1.87 bits per heavy atom. The summed E-state index contributed by atoms with van der Waals surface area (Å²) in [7, 11) is 0. The van der Waals surface area contributed by atoms with Crippen LogP contribution in [0.3, 0.4) is 0 Å². The van der Waals surface area contributed by atoms with Crippen molar-refractivity contribution in [3.8, 4) is 6.01 Å². The molecule has 0 saturated carbocycles. The number of amides is 2. The van der Waals surface area contributed by atoms with Crippen molar-refractivity contribution in [3.05, 3.63) is 0 Å². The molecule has 2 amide bonds. The van der Waals surface area contributed by atoms with Gasteiger partial charge in [-0.25, -0.2) is 0 Å². The lowest BCUT2D eigenvalue weighted by atomic mass is 10.1. The summed E-state index contributed by atoms with van der Waals surface area (Å²) in [6.07, 6.45) is 2.61. The number of aryl methyl sites for hydroxylation is 1. The quantitative estimate of drug-likeness (QED) is 0.358. The van der Waals surface area contributed by atoms with Gasteiger partial charge in [0.15, 0.2) is 17.0 Å². The third-order valence-corrected chi connectivity index (χ3v) is 4.16. The van der Waals surface area contributed by atoms with Gasteiger partial charge >= 0.3 is 0 Å². The average molecular weight is 421 g/mol. The Labute approximate surface area is 175 Å². The summed E-state index contributed by atoms with van der Waals surface area (Å²) in [5, 5.41) is 18.6. The number of nitrogen functional groups attached to an aromatic ring is 1. The highest BCUT2D eigenvalue weighted by Gasteiger charge is 2.17. The molecule has 30 heavy (non-hydrogen) atoms. The first-order valence-electron chi connectivity index (χ1n) is 10.1. The summed E-state index contributed by atoms with van der Waals surface area (Å²) in [6.45, 7) is 8.65. The number of hydrogen-bond acceptors (Lipinski definition) is 8. The minimum absolute atomic E-state index is 0.0775. The van der Waals surface area contributed by atoms with Crippen LogP contribution in [0.1, 0.15) is 53.4 Å². The van der Waals surface area contributed by atoms with Gasteiger partial charge in [-0.2, -0.15) is 15.0 Å². The van der Waals surface area contributed by atoms with E-state index in [1.54, 1.807) is 0 Å². The maximum atomic E-state index is 12.0. The van der Waals surface area contributed by atoms with Gasteiger partial charge in [-0.3, -0.25) is 14.2 Å². The number of rotatable bonds is 10. The van der Waals surface area contributed by atoms with Crippen molar-refractivity contribution in [1.29, 1.82) is 0 Å². The number of fused-ring (bicyclic) bond motifs is 1. The Morgan fingerprint density at radius 1 is 1.13 bits per heavy atom. The highest BCUT2D eigenvalue weighted by atomic mass is 16.3. The third-order valence-electron chi connectivity index (χ3n) is 4.16. The number of imidazole rings is 1. The summed E-state index contributed by atoms with van der Waals surface area (Å²) in [6, 6.07) is -0.235. The summed E-state index contributed by atoms with van der Waals surface area (Å²) >= 11 is 0. The number of carbonyl (C=O) groups is 2. The molecule has 0 atom stereocenters. The molecule has 0 aliphatic carbocycles. The van der Waals surface area contributed by atoms with Gasteiger partial charge in [-0.05, 0) is 33.6 Å². The zero-order valence-corrected chi connectivity index (χ0v) is 18.1. The Bertz CT molecular complexity index is 888. The predicted molar refractivity (Wildman–Crippen MR) is 115 cm³/mol. The molecule has 2 aromatic heterocycles. The molecule has 0 aromatic carbocycles. The van der Waals surface area contributed by atoms with Crippen LogP contribution in [0, 0.1) is 0 Å². The van der Waals surface area contributed by atoms with E-state index in [1.807, 2.05) is 20.8 Å². The lowest BCUT2D eigenvalue weighted by Gasteiger charge is -2.20. The fraction of sp³-hybridized carbons (Fsp3) is 0.632. The number of nitrogens with zero attached hydrogens (tertiary/aromatic N) is 4. The zero-order chi connectivity index (χ0) is 22.3. The van der Waals surface area contributed by atoms with Crippen LogP contribution in [0.15, 0.2) is 0 Å². The molecule has 0 unspecified atom stereocenters. The maximum absolute atomic E-state index is 12.0. The Morgan fingerprint density at radius 3 is 2.53 bits per heavy atom. The smallest absolute Gasteiger partial charge is 0.296 e. The van der Waals surface area contributed by atoms with Gasteiger partial charge < -0.3 is 26.8 Å². The van der Waals surface area contributed by atoms with Crippen molar-refractivity contribution >= 4 is 34.7 Å². The zero-order valence-electron chi connectivity index (χ0n) is 18.1. The molecule has 166 valence electrons. The van der Waals surface area contributed by atoms with Crippen LogP contribution in [0.4, 0.5) is 11.8 Å². The lowest BCUT2D eigenvalue weighted by molar-refractivity contribution is -0.126. The number of hydrogen-bond donors (Lipinski definition) is 5. The predicted octanol–water partition coefficient (Wildman–Crippen LogP) is 1.14. The highest BCUT2D eigenvalue weighted by molar-refractivity contribution is 5.85. The summed E-state index contributed by atoms with van der Waals surface area (Å²) < 4.78 is 1.50. The van der Waals surface area contributed by atoms with Crippen molar-refractivity contribution in [3.63, 3.8) is 0 Å². The van der Waals surface area contributed by atoms with Gasteiger partial charge in [0.25, 0.3) is 6.01 Å². The molecule has 11 heteroatoms. The lowest BCUT2D eigenvalue weighted by Crippen LogP contribution is -2.45. The van der Waals surface area contributed by atoms with E-state index in [1.165, 1.54) is 4.57 Å². The summed E-state index contributed by atoms with van der Waals surface area (Å²) in [5.74, 6) is 0.0521. The third kappa shape index (κ3) is 6.75. The number of carbonyl (C=O) groups excluding carboxylic acids is 2. The molecule has 0 spiro atoms. The van der Waals surface area contributed by atoms with Crippen molar-refractivity contribution in [2.45, 2.75) is 65.5 Å². The van der Waals surface area contributed by atoms with E-state index in [9.17, 15) is 14.7 Å². The summed E-state index contributed by atoms with van der Waals surface area (Å²) in [4.78, 5) is 36.4. The summed E-state index contributed by atoms with van der Waals surface area (Å²) in [5.41, 5.74) is 6.32. The first-order valence-corrected chi connectivity index (χ1v) is 10.1. The van der Waals surface area contributed by atoms with E-state index in [2.05, 4.69) is 37.8 Å². The van der Waals surface area contributed by atoms with E-state index in [-0.39, 0.29) is 42.1 Å². The molecule has 0 aliphatic rings. The minimum Gasteiger partial charge on any atom is -0.480 e. The fourth-order valence-corrected chi connectivity index (χ4v) is 2.80. The topological polar surface area (TPSA) is 160 Å². The molecule has 11 nitrogen and oxygen atoms in total. The van der Waals surface area contributed by atoms with Gasteiger partial charge in [0.05, 0.1) is 6.54 Å². The highest BCUT2D eigenvalue weighted by Crippen LogP contribution is 2.24. The number of nitrogens with two attached hydrogens (primary N) is 1. The molecule has 0 bridgehead atoms. The Balaban J connectivity index is 1.94. The second-order valence-corrected chi connectivity index (χ2v) is 8.13. The van der Waals surface area contributed by atoms with E-state index in [0.717, 1.165) is 12.8 Å². The molecule has 0 saturated heterocycles. The molecule has 2 rings (SSSR count). The standard InChI is InChI=1S/C19H32N8O3/c1-5-6-9-21-17-24-15(20)14-16(25-17)27(18(30)23-14)10-7-8-12(28)22-11-13(29)26-19(2,3)4/h5-11H2,1-4H3,(H,22,28)(H,23,30)(H,26,29)(H3,20,21,24,25). The van der Waals surface area contributed by atoms with Gasteiger partial charge in [0.2, 0.25) is 17.8 Å². The van der Waals surface area contributed by atoms with E-state index >= 15 is 0 Å². The molecule has 2 aromatic rings. The number of nitrogens with one attached hydrogen (secondary N) is 3. The van der Waals surface area contributed by atoms with Crippen LogP contribution in [-0.4, -0.2) is 55.1 Å². The second kappa shape index (κ2) is 10.1. The second-order valence-electron chi connectivity index (χ2n) is 8.13. The van der Waals surface area contributed by atoms with E-state index in [4.69, 9.17) is 5.73 Å². The fourth-order valence-electron chi connectivity index (χ4n) is 2.80. The van der Waals surface area contributed by atoms with Gasteiger partial charge in [0.1, 0.15) is 0 Å². The average Bonchev–Trinajstić information content (AvgIpc) is 2.95. The van der Waals surface area contributed by atoms with Crippen LogP contribution >= 0.6 is 0 Å². The molecular formula is C19H32N8O3. The SMILES string of the molecule is CCCCNc1nc(N)c2nc(O)n(CCCC(=O)NCC(=O)NC(C)(C)C)c2n1. The van der Waals surface area contributed by atoms with E-state index < -0.39 is 0 Å². The molecule has 0 fully saturated rings. The van der Waals surface area contributed by atoms with Crippen LogP contribution in [0.25, 0.3) is 11.2 Å². The first-order chi connectivity index (χ1) is 14.1. The minimum atomic E-state index is -0.351. The van der Waals surface area contributed by atoms with Gasteiger partial charge in [0, 0.05) is 25.0 Å². The number of unbranched alkanes of at least 4 members (excludes halogenated alkanes) is 1. The molecule has 6 N–H and O–H groups in total. The Hall–Kier alpha value is -3.11. The number of anilines is 2. The van der Waals surface area contributed by atoms with E-state index in [0.29, 0.717) is 36.6 Å². The number of aromatic hydroxyl groups is 1. The van der Waals surface area contributed by atoms with Gasteiger partial charge in [-0.1, -0.05) is 13.3 Å². The largest absolute Gasteiger partial charge is 0.480 e. The van der Waals surface area contributed by atoms with Crippen molar-refractivity contribution in [2.75, 3.05) is 24.1 Å². The van der Waals surface area contributed by atoms with Crippen LogP contribution in [0.2, 0.25) is 0 Å². The first kappa shape index (κ1) is 23.2. The monoisotopic (exact) mass is 420 g/mol. The molecule has 0 radical (unpaired) electrons. The van der Waals surface area contributed by atoms with Crippen LogP contribution in [0.5, 0.6) is 6.01 Å². The molecule has 0 aliphatic heterocycles. The van der Waals surface area contributed by atoms with Crippen LogP contribution < -0.4 is 21.7 Å². The van der Waals surface area contributed by atoms with Crippen molar-refractivity contribution in [2.24, 2.45) is 0 Å². The van der Waals surface area contributed by atoms with Gasteiger partial charge in [-0.15, -0.1) is 0 Å².